The standard InChI is InChI=1S/C23H18FNO2/c24-19-11-9-16(10-12-19)13-18-14-21-20(7-4-8-22(21)26)23(18)25-27-15-17-5-2-1-3-6-17/h1-13,26H,14-15H2/b18-13+,25-23-. The largest absolute Gasteiger partial charge is 0.508 e. The molecule has 0 aromatic heterocycles. The molecule has 4 rings (SSSR count). The number of allylic oxidation sites excluding steroid dienone is 1. The summed E-state index contributed by atoms with van der Waals surface area (Å²) in [5.74, 6) is -0.0321. The number of phenolic OH excluding ortho intramolecular Hbond substituents is 1. The molecule has 27 heavy (non-hydrogen) atoms. The maximum absolute atomic E-state index is 13.2. The molecule has 0 amide bonds. The van der Waals surface area contributed by atoms with Crippen molar-refractivity contribution in [1.29, 1.82) is 0 Å². The van der Waals surface area contributed by atoms with E-state index < -0.39 is 0 Å². The third kappa shape index (κ3) is 3.75. The number of nitrogens with zero attached hydrogens (tertiary/aromatic N) is 1. The molecule has 1 aliphatic rings. The summed E-state index contributed by atoms with van der Waals surface area (Å²) >= 11 is 0. The van der Waals surface area contributed by atoms with Gasteiger partial charge in [0.25, 0.3) is 0 Å². The van der Waals surface area contributed by atoms with Crippen molar-refractivity contribution in [2.24, 2.45) is 5.16 Å². The minimum atomic E-state index is -0.274. The van der Waals surface area contributed by atoms with Gasteiger partial charge in [0.05, 0.1) is 0 Å². The topological polar surface area (TPSA) is 41.8 Å². The van der Waals surface area contributed by atoms with Crippen LogP contribution in [0.15, 0.2) is 83.5 Å². The number of hydrogen-bond donors (Lipinski definition) is 1. The lowest BCUT2D eigenvalue weighted by molar-refractivity contribution is 0.131. The van der Waals surface area contributed by atoms with Crippen molar-refractivity contribution in [3.05, 3.63) is 106 Å². The molecule has 0 unspecified atom stereocenters. The van der Waals surface area contributed by atoms with Gasteiger partial charge in [-0.3, -0.25) is 0 Å². The summed E-state index contributed by atoms with van der Waals surface area (Å²) in [5.41, 5.74) is 5.20. The predicted octanol–water partition coefficient (Wildman–Crippen LogP) is 5.09. The molecule has 4 heteroatoms. The Morgan fingerprint density at radius 1 is 0.963 bits per heavy atom. The van der Waals surface area contributed by atoms with Crippen molar-refractivity contribution < 1.29 is 14.3 Å². The third-order valence-corrected chi connectivity index (χ3v) is 4.52. The SMILES string of the molecule is Oc1cccc2c1CC(=C\c1ccc(F)cc1)/C2=N/OCc1ccccc1. The molecule has 1 N–H and O–H groups in total. The number of phenols is 1. The third-order valence-electron chi connectivity index (χ3n) is 4.52. The van der Waals surface area contributed by atoms with Crippen LogP contribution in [-0.2, 0) is 17.9 Å². The fourth-order valence-corrected chi connectivity index (χ4v) is 3.16. The normalized spacial score (nSPS) is 15.9. The first-order valence-electron chi connectivity index (χ1n) is 8.72. The number of benzene rings is 3. The highest BCUT2D eigenvalue weighted by Crippen LogP contribution is 2.34. The number of rotatable bonds is 4. The van der Waals surface area contributed by atoms with Crippen LogP contribution in [0.5, 0.6) is 5.75 Å². The van der Waals surface area contributed by atoms with Crippen molar-refractivity contribution in [3.63, 3.8) is 0 Å². The van der Waals surface area contributed by atoms with Gasteiger partial charge in [-0.15, -0.1) is 0 Å². The lowest BCUT2D eigenvalue weighted by Crippen LogP contribution is -2.00. The molecule has 3 aromatic carbocycles. The second-order valence-corrected chi connectivity index (χ2v) is 6.40. The maximum atomic E-state index is 13.2. The molecule has 1 aliphatic carbocycles. The van der Waals surface area contributed by atoms with E-state index in [-0.39, 0.29) is 11.6 Å². The van der Waals surface area contributed by atoms with Crippen LogP contribution in [-0.4, -0.2) is 10.8 Å². The van der Waals surface area contributed by atoms with E-state index in [1.54, 1.807) is 24.3 Å². The van der Waals surface area contributed by atoms with E-state index in [1.165, 1.54) is 12.1 Å². The average molecular weight is 359 g/mol. The van der Waals surface area contributed by atoms with Crippen molar-refractivity contribution in [1.82, 2.24) is 0 Å². The highest BCUT2D eigenvalue weighted by molar-refractivity contribution is 6.19. The van der Waals surface area contributed by atoms with Crippen LogP contribution < -0.4 is 0 Å². The highest BCUT2D eigenvalue weighted by atomic mass is 19.1. The Balaban J connectivity index is 1.66. The summed E-state index contributed by atoms with van der Waals surface area (Å²) in [6.45, 7) is 0.363. The zero-order chi connectivity index (χ0) is 18.6. The van der Waals surface area contributed by atoms with Gasteiger partial charge in [-0.2, -0.15) is 0 Å². The van der Waals surface area contributed by atoms with E-state index in [4.69, 9.17) is 4.84 Å². The van der Waals surface area contributed by atoms with Gasteiger partial charge in [0.15, 0.2) is 0 Å². The monoisotopic (exact) mass is 359 g/mol. The van der Waals surface area contributed by atoms with Crippen molar-refractivity contribution in [2.75, 3.05) is 0 Å². The molecule has 3 aromatic rings. The first-order chi connectivity index (χ1) is 13.2. The van der Waals surface area contributed by atoms with Crippen LogP contribution in [0.2, 0.25) is 0 Å². The molecule has 0 saturated carbocycles. The van der Waals surface area contributed by atoms with Crippen LogP contribution in [0.25, 0.3) is 6.08 Å². The molecule has 0 aliphatic heterocycles. The van der Waals surface area contributed by atoms with Crippen LogP contribution in [0, 0.1) is 5.82 Å². The van der Waals surface area contributed by atoms with Crippen molar-refractivity contribution >= 4 is 11.8 Å². The quantitative estimate of drug-likeness (QED) is 0.659. The van der Waals surface area contributed by atoms with Gasteiger partial charge in [-0.25, -0.2) is 4.39 Å². The molecule has 0 atom stereocenters. The van der Waals surface area contributed by atoms with E-state index in [9.17, 15) is 9.50 Å². The van der Waals surface area contributed by atoms with Gasteiger partial charge in [0.2, 0.25) is 0 Å². The highest BCUT2D eigenvalue weighted by Gasteiger charge is 2.26. The van der Waals surface area contributed by atoms with Crippen LogP contribution in [0.3, 0.4) is 0 Å². The number of hydrogen-bond acceptors (Lipinski definition) is 3. The van der Waals surface area contributed by atoms with Gasteiger partial charge in [0.1, 0.15) is 23.9 Å². The van der Waals surface area contributed by atoms with Crippen LogP contribution >= 0.6 is 0 Å². The zero-order valence-corrected chi connectivity index (χ0v) is 14.6. The lowest BCUT2D eigenvalue weighted by Gasteiger charge is -2.04. The minimum Gasteiger partial charge on any atom is -0.508 e. The Kier molecular flexibility index (Phi) is 4.71. The number of halogens is 1. The van der Waals surface area contributed by atoms with E-state index in [0.717, 1.165) is 27.8 Å². The fraction of sp³-hybridized carbons (Fsp3) is 0.0870. The molecular weight excluding hydrogens is 341 g/mol. The van der Waals surface area contributed by atoms with Gasteiger partial charge >= 0.3 is 0 Å². The van der Waals surface area contributed by atoms with Gasteiger partial charge in [0, 0.05) is 17.5 Å². The Hall–Kier alpha value is -3.40. The smallest absolute Gasteiger partial charge is 0.142 e. The molecule has 134 valence electrons. The van der Waals surface area contributed by atoms with E-state index in [0.29, 0.717) is 18.7 Å². The first-order valence-corrected chi connectivity index (χ1v) is 8.72. The first kappa shape index (κ1) is 17.0. The summed E-state index contributed by atoms with van der Waals surface area (Å²) in [4.78, 5) is 5.59. The van der Waals surface area contributed by atoms with Gasteiger partial charge in [-0.1, -0.05) is 59.8 Å². The molecule has 0 spiro atoms. The van der Waals surface area contributed by atoms with Crippen LogP contribution in [0.1, 0.15) is 22.3 Å². The minimum absolute atomic E-state index is 0.241. The fourth-order valence-electron chi connectivity index (χ4n) is 3.16. The van der Waals surface area contributed by atoms with Crippen molar-refractivity contribution in [2.45, 2.75) is 13.0 Å². The van der Waals surface area contributed by atoms with E-state index in [2.05, 4.69) is 5.16 Å². The molecular formula is C23H18FNO2. The summed E-state index contributed by atoms with van der Waals surface area (Å²) in [6.07, 6.45) is 2.50. The summed E-state index contributed by atoms with van der Waals surface area (Å²) in [7, 11) is 0. The molecule has 3 nitrogen and oxygen atoms in total. The Morgan fingerprint density at radius 2 is 1.74 bits per heavy atom. The Labute approximate surface area is 157 Å². The number of fused-ring (bicyclic) bond motifs is 1. The van der Waals surface area contributed by atoms with Gasteiger partial charge in [-0.05, 0) is 41.0 Å². The number of aromatic hydroxyl groups is 1. The zero-order valence-electron chi connectivity index (χ0n) is 14.6. The van der Waals surface area contributed by atoms with E-state index >= 15 is 0 Å². The molecule has 0 radical (unpaired) electrons. The lowest BCUT2D eigenvalue weighted by atomic mass is 10.1. The summed E-state index contributed by atoms with van der Waals surface area (Å²) in [6, 6.07) is 21.5. The van der Waals surface area contributed by atoms with E-state index in [1.807, 2.05) is 42.5 Å². The van der Waals surface area contributed by atoms with Crippen molar-refractivity contribution in [3.8, 4) is 5.75 Å². The Bertz CT molecular complexity index is 1010. The summed E-state index contributed by atoms with van der Waals surface area (Å²) in [5, 5.41) is 14.6. The molecule has 0 saturated heterocycles. The maximum Gasteiger partial charge on any atom is 0.142 e. The summed E-state index contributed by atoms with van der Waals surface area (Å²) < 4.78 is 13.2. The second-order valence-electron chi connectivity index (χ2n) is 6.40. The van der Waals surface area contributed by atoms with Crippen LogP contribution in [0.4, 0.5) is 4.39 Å². The molecule has 0 bridgehead atoms. The molecule has 0 heterocycles. The molecule has 0 fully saturated rings. The average Bonchev–Trinajstić information content (AvgIpc) is 3.03. The predicted molar refractivity (Wildman–Crippen MR) is 104 cm³/mol. The Morgan fingerprint density at radius 3 is 2.52 bits per heavy atom. The van der Waals surface area contributed by atoms with Gasteiger partial charge < -0.3 is 9.94 Å². The number of oxime groups is 1. The second kappa shape index (κ2) is 7.46.